The van der Waals surface area contributed by atoms with Crippen molar-refractivity contribution in [3.8, 4) is 17.2 Å². The summed E-state index contributed by atoms with van der Waals surface area (Å²) in [6.07, 6.45) is 0.781. The van der Waals surface area contributed by atoms with Crippen molar-refractivity contribution >= 4 is 11.9 Å². The van der Waals surface area contributed by atoms with Gasteiger partial charge in [0.05, 0.1) is 21.3 Å². The number of carbonyl (C=O) groups excluding carboxylic acids is 2. The van der Waals surface area contributed by atoms with Gasteiger partial charge in [0.1, 0.15) is 11.3 Å². The number of nitrogens with one attached hydrogen (secondary N) is 1. The van der Waals surface area contributed by atoms with Crippen molar-refractivity contribution in [2.45, 2.75) is 46.6 Å². The summed E-state index contributed by atoms with van der Waals surface area (Å²) in [7, 11) is 4.38. The molecule has 0 aliphatic carbocycles. The molecule has 1 amide bonds. The first-order valence-electron chi connectivity index (χ1n) is 8.70. The van der Waals surface area contributed by atoms with Gasteiger partial charge in [0.25, 0.3) is 5.91 Å². The smallest absolute Gasteiger partial charge is 0.342 e. The van der Waals surface area contributed by atoms with Crippen molar-refractivity contribution < 1.29 is 28.5 Å². The topological polar surface area (TPSA) is 83.1 Å². The first kappa shape index (κ1) is 22.6. The van der Waals surface area contributed by atoms with E-state index in [2.05, 4.69) is 26.1 Å². The lowest BCUT2D eigenvalue weighted by molar-refractivity contribution is -0.126. The summed E-state index contributed by atoms with van der Waals surface area (Å²) in [5.41, 5.74) is -0.208. The molecule has 0 bridgehead atoms. The van der Waals surface area contributed by atoms with Crippen LogP contribution in [0.25, 0.3) is 0 Å². The molecule has 0 heterocycles. The van der Waals surface area contributed by atoms with E-state index in [1.807, 2.05) is 13.8 Å². The van der Waals surface area contributed by atoms with Gasteiger partial charge in [-0.25, -0.2) is 4.79 Å². The molecule has 0 spiro atoms. The van der Waals surface area contributed by atoms with E-state index in [0.717, 1.165) is 6.42 Å². The molecule has 0 aliphatic heterocycles. The van der Waals surface area contributed by atoms with Crippen LogP contribution in [0.4, 0.5) is 0 Å². The number of esters is 1. The second kappa shape index (κ2) is 8.97. The van der Waals surface area contributed by atoms with Crippen LogP contribution in [0.5, 0.6) is 17.2 Å². The molecule has 1 N–H and O–H groups in total. The normalized spacial score (nSPS) is 11.6. The Labute approximate surface area is 161 Å². The Balaban J connectivity index is 2.81. The average molecular weight is 381 g/mol. The number of hydrogen-bond donors (Lipinski definition) is 1. The summed E-state index contributed by atoms with van der Waals surface area (Å²) >= 11 is 0. The Hall–Kier alpha value is -2.44. The van der Waals surface area contributed by atoms with Gasteiger partial charge >= 0.3 is 5.97 Å². The molecular weight excluding hydrogens is 350 g/mol. The quantitative estimate of drug-likeness (QED) is 0.696. The highest BCUT2D eigenvalue weighted by atomic mass is 16.5. The number of ether oxygens (including phenoxy) is 4. The fourth-order valence-corrected chi connectivity index (χ4v) is 3.18. The van der Waals surface area contributed by atoms with Gasteiger partial charge in [-0.1, -0.05) is 20.8 Å². The minimum Gasteiger partial charge on any atom is -0.496 e. The number of carbonyl (C=O) groups is 2. The minimum absolute atomic E-state index is 0.0560. The highest BCUT2D eigenvalue weighted by molar-refractivity contribution is 5.95. The fourth-order valence-electron chi connectivity index (χ4n) is 3.18. The molecule has 0 aromatic heterocycles. The standard InChI is InChI=1S/C20H31NO6/c1-19(2,3)12-20(4,5)21-17(22)11-27-18(23)13-9-15(25-7)16(26-8)10-14(13)24-6/h9-10H,11-12H2,1-8H3,(H,21,22). The van der Waals surface area contributed by atoms with Crippen LogP contribution in [0.15, 0.2) is 12.1 Å². The van der Waals surface area contributed by atoms with E-state index in [1.165, 1.54) is 33.5 Å². The molecule has 7 heteroatoms. The van der Waals surface area contributed by atoms with Crippen LogP contribution in [-0.4, -0.2) is 45.4 Å². The second-order valence-electron chi connectivity index (χ2n) is 8.15. The molecular formula is C20H31NO6. The third-order valence-corrected chi connectivity index (χ3v) is 3.71. The molecule has 0 aliphatic rings. The van der Waals surface area contributed by atoms with E-state index in [4.69, 9.17) is 18.9 Å². The lowest BCUT2D eigenvalue weighted by Crippen LogP contribution is -2.47. The van der Waals surface area contributed by atoms with Gasteiger partial charge in [-0.05, 0) is 25.7 Å². The number of methoxy groups -OCH3 is 3. The van der Waals surface area contributed by atoms with E-state index in [9.17, 15) is 9.59 Å². The van der Waals surface area contributed by atoms with Crippen LogP contribution >= 0.6 is 0 Å². The third kappa shape index (κ3) is 7.00. The number of rotatable bonds is 8. The Kier molecular flexibility index (Phi) is 7.51. The van der Waals surface area contributed by atoms with E-state index in [0.29, 0.717) is 11.5 Å². The van der Waals surface area contributed by atoms with Crippen LogP contribution < -0.4 is 19.5 Å². The summed E-state index contributed by atoms with van der Waals surface area (Å²) in [6.45, 7) is 9.80. The Morgan fingerprint density at radius 2 is 1.41 bits per heavy atom. The van der Waals surface area contributed by atoms with Gasteiger partial charge < -0.3 is 24.3 Å². The summed E-state index contributed by atoms with van der Waals surface area (Å²) in [5.74, 6) is 0.00771. The minimum atomic E-state index is -0.684. The summed E-state index contributed by atoms with van der Waals surface area (Å²) in [5, 5.41) is 2.90. The SMILES string of the molecule is COc1cc(OC)c(C(=O)OCC(=O)NC(C)(C)CC(C)(C)C)cc1OC. The first-order chi connectivity index (χ1) is 12.4. The summed E-state index contributed by atoms with van der Waals surface area (Å²) in [4.78, 5) is 24.6. The summed E-state index contributed by atoms with van der Waals surface area (Å²) < 4.78 is 20.7. The maximum absolute atomic E-state index is 12.4. The highest BCUT2D eigenvalue weighted by Gasteiger charge is 2.27. The molecule has 1 aromatic rings. The van der Waals surface area contributed by atoms with E-state index >= 15 is 0 Å². The number of hydrogen-bond acceptors (Lipinski definition) is 6. The highest BCUT2D eigenvalue weighted by Crippen LogP contribution is 2.35. The molecule has 7 nitrogen and oxygen atoms in total. The molecule has 0 unspecified atom stereocenters. The molecule has 152 valence electrons. The van der Waals surface area contributed by atoms with Crippen LogP contribution in [-0.2, 0) is 9.53 Å². The Morgan fingerprint density at radius 3 is 1.89 bits per heavy atom. The molecule has 1 aromatic carbocycles. The maximum Gasteiger partial charge on any atom is 0.342 e. The Bertz CT molecular complexity index is 676. The molecule has 0 radical (unpaired) electrons. The molecule has 27 heavy (non-hydrogen) atoms. The van der Waals surface area contributed by atoms with Crippen LogP contribution in [0.2, 0.25) is 0 Å². The predicted molar refractivity (Wildman–Crippen MR) is 103 cm³/mol. The predicted octanol–water partition coefficient (Wildman–Crippen LogP) is 3.20. The van der Waals surface area contributed by atoms with Crippen LogP contribution in [0, 0.1) is 5.41 Å². The van der Waals surface area contributed by atoms with Gasteiger partial charge in [-0.15, -0.1) is 0 Å². The van der Waals surface area contributed by atoms with Crippen molar-refractivity contribution in [2.24, 2.45) is 5.41 Å². The molecule has 0 fully saturated rings. The fraction of sp³-hybridized carbons (Fsp3) is 0.600. The molecule has 0 atom stereocenters. The number of amides is 1. The van der Waals surface area contributed by atoms with Gasteiger partial charge in [0.15, 0.2) is 18.1 Å². The lowest BCUT2D eigenvalue weighted by Gasteiger charge is -2.33. The first-order valence-corrected chi connectivity index (χ1v) is 8.70. The molecule has 0 saturated carbocycles. The monoisotopic (exact) mass is 381 g/mol. The summed E-state index contributed by atoms with van der Waals surface area (Å²) in [6, 6.07) is 2.99. The zero-order chi connectivity index (χ0) is 20.8. The van der Waals surface area contributed by atoms with Crippen molar-refractivity contribution in [1.29, 1.82) is 0 Å². The zero-order valence-corrected chi connectivity index (χ0v) is 17.5. The lowest BCUT2D eigenvalue weighted by atomic mass is 9.82. The van der Waals surface area contributed by atoms with Crippen molar-refractivity contribution in [2.75, 3.05) is 27.9 Å². The van der Waals surface area contributed by atoms with Crippen LogP contribution in [0.1, 0.15) is 51.4 Å². The van der Waals surface area contributed by atoms with Gasteiger partial charge in [0.2, 0.25) is 0 Å². The number of benzene rings is 1. The van der Waals surface area contributed by atoms with E-state index in [-0.39, 0.29) is 29.2 Å². The molecule has 0 saturated heterocycles. The van der Waals surface area contributed by atoms with Gasteiger partial charge in [-0.2, -0.15) is 0 Å². The van der Waals surface area contributed by atoms with Crippen molar-refractivity contribution in [1.82, 2.24) is 5.32 Å². The maximum atomic E-state index is 12.4. The van der Waals surface area contributed by atoms with Crippen molar-refractivity contribution in [3.05, 3.63) is 17.7 Å². The second-order valence-corrected chi connectivity index (χ2v) is 8.15. The van der Waals surface area contributed by atoms with Gasteiger partial charge in [0, 0.05) is 17.7 Å². The molecule has 1 rings (SSSR count). The van der Waals surface area contributed by atoms with E-state index < -0.39 is 11.5 Å². The van der Waals surface area contributed by atoms with Crippen molar-refractivity contribution in [3.63, 3.8) is 0 Å². The van der Waals surface area contributed by atoms with Gasteiger partial charge in [-0.3, -0.25) is 4.79 Å². The Morgan fingerprint density at radius 1 is 0.889 bits per heavy atom. The third-order valence-electron chi connectivity index (χ3n) is 3.71. The average Bonchev–Trinajstić information content (AvgIpc) is 2.55. The largest absolute Gasteiger partial charge is 0.496 e. The van der Waals surface area contributed by atoms with E-state index in [1.54, 1.807) is 0 Å². The van der Waals surface area contributed by atoms with Crippen LogP contribution in [0.3, 0.4) is 0 Å². The zero-order valence-electron chi connectivity index (χ0n) is 17.5.